The van der Waals surface area contributed by atoms with Crippen LogP contribution in [-0.2, 0) is 9.59 Å². The van der Waals surface area contributed by atoms with Gasteiger partial charge in [0.2, 0.25) is 11.8 Å². The fourth-order valence-corrected chi connectivity index (χ4v) is 2.14. The van der Waals surface area contributed by atoms with Gasteiger partial charge in [0.1, 0.15) is 0 Å². The minimum absolute atomic E-state index is 0.0750. The van der Waals surface area contributed by atoms with Gasteiger partial charge in [-0.2, -0.15) is 0 Å². The Labute approximate surface area is 132 Å². The molecule has 2 amide bonds. The highest BCUT2D eigenvalue weighted by molar-refractivity contribution is 5.92. The van der Waals surface area contributed by atoms with Gasteiger partial charge in [-0.15, -0.1) is 0 Å². The average molecular weight is 305 g/mol. The number of carbonyl (C=O) groups excluding carboxylic acids is 2. The van der Waals surface area contributed by atoms with E-state index in [2.05, 4.69) is 19.2 Å². The van der Waals surface area contributed by atoms with Gasteiger partial charge in [0.25, 0.3) is 0 Å². The van der Waals surface area contributed by atoms with Gasteiger partial charge in [-0.3, -0.25) is 14.5 Å². The van der Waals surface area contributed by atoms with Crippen LogP contribution >= 0.6 is 0 Å². The Kier molecular flexibility index (Phi) is 7.05. The summed E-state index contributed by atoms with van der Waals surface area (Å²) in [5, 5.41) is 2.85. The van der Waals surface area contributed by atoms with E-state index in [1.165, 1.54) is 5.56 Å². The molecule has 1 unspecified atom stereocenters. The first-order valence-electron chi connectivity index (χ1n) is 7.75. The van der Waals surface area contributed by atoms with Crippen LogP contribution in [0.25, 0.3) is 0 Å². The summed E-state index contributed by atoms with van der Waals surface area (Å²) in [7, 11) is 0. The maximum atomic E-state index is 12.1. The SMILES string of the molecule is CCC(C)c1ccc(NC(=O)CN(CC(N)=O)C(C)C)cc1. The Morgan fingerprint density at radius 1 is 1.14 bits per heavy atom. The summed E-state index contributed by atoms with van der Waals surface area (Å²) >= 11 is 0. The molecule has 0 aliphatic heterocycles. The summed E-state index contributed by atoms with van der Waals surface area (Å²) in [6.07, 6.45) is 1.09. The molecule has 0 radical (unpaired) electrons. The van der Waals surface area contributed by atoms with Crippen molar-refractivity contribution in [3.63, 3.8) is 0 Å². The predicted molar refractivity (Wildman–Crippen MR) is 89.7 cm³/mol. The van der Waals surface area contributed by atoms with Crippen LogP contribution in [0.3, 0.4) is 0 Å². The van der Waals surface area contributed by atoms with Gasteiger partial charge in [-0.1, -0.05) is 26.0 Å². The maximum absolute atomic E-state index is 12.1. The number of benzene rings is 1. The Hall–Kier alpha value is -1.88. The maximum Gasteiger partial charge on any atom is 0.238 e. The molecule has 22 heavy (non-hydrogen) atoms. The number of nitrogens with zero attached hydrogens (tertiary/aromatic N) is 1. The highest BCUT2D eigenvalue weighted by Gasteiger charge is 2.16. The van der Waals surface area contributed by atoms with Gasteiger partial charge >= 0.3 is 0 Å². The first-order chi connectivity index (χ1) is 10.3. The van der Waals surface area contributed by atoms with Crippen molar-refractivity contribution < 1.29 is 9.59 Å². The number of hydrogen-bond acceptors (Lipinski definition) is 3. The van der Waals surface area contributed by atoms with Crippen molar-refractivity contribution in [2.75, 3.05) is 18.4 Å². The average Bonchev–Trinajstić information content (AvgIpc) is 2.46. The van der Waals surface area contributed by atoms with Crippen molar-refractivity contribution in [2.24, 2.45) is 5.73 Å². The monoisotopic (exact) mass is 305 g/mol. The molecule has 0 fully saturated rings. The van der Waals surface area contributed by atoms with E-state index in [0.29, 0.717) is 5.92 Å². The molecule has 0 saturated carbocycles. The molecule has 1 aromatic rings. The van der Waals surface area contributed by atoms with E-state index in [4.69, 9.17) is 5.73 Å². The lowest BCUT2D eigenvalue weighted by molar-refractivity contribution is -0.121. The van der Waals surface area contributed by atoms with E-state index in [0.717, 1.165) is 12.1 Å². The molecule has 3 N–H and O–H groups in total. The normalized spacial score (nSPS) is 12.5. The second-order valence-corrected chi connectivity index (χ2v) is 5.94. The predicted octanol–water partition coefficient (Wildman–Crippen LogP) is 2.33. The minimum Gasteiger partial charge on any atom is -0.369 e. The number of rotatable bonds is 8. The van der Waals surface area contributed by atoms with Crippen LogP contribution in [0.1, 0.15) is 45.6 Å². The van der Waals surface area contributed by atoms with Crippen molar-refractivity contribution in [1.82, 2.24) is 4.90 Å². The molecule has 1 aromatic carbocycles. The highest BCUT2D eigenvalue weighted by Crippen LogP contribution is 2.20. The van der Waals surface area contributed by atoms with Gasteiger partial charge in [-0.05, 0) is 43.9 Å². The molecule has 0 aliphatic carbocycles. The Morgan fingerprint density at radius 2 is 1.73 bits per heavy atom. The zero-order chi connectivity index (χ0) is 16.7. The molecule has 1 atom stereocenters. The molecule has 0 spiro atoms. The van der Waals surface area contributed by atoms with Gasteiger partial charge in [0, 0.05) is 11.7 Å². The van der Waals surface area contributed by atoms with Gasteiger partial charge in [-0.25, -0.2) is 0 Å². The lowest BCUT2D eigenvalue weighted by atomic mass is 9.99. The van der Waals surface area contributed by atoms with Crippen LogP contribution in [0, 0.1) is 0 Å². The summed E-state index contributed by atoms with van der Waals surface area (Å²) < 4.78 is 0. The number of nitrogens with two attached hydrogens (primary N) is 1. The summed E-state index contributed by atoms with van der Waals surface area (Å²) in [4.78, 5) is 24.9. The summed E-state index contributed by atoms with van der Waals surface area (Å²) in [5.74, 6) is -0.0672. The first kappa shape index (κ1) is 18.2. The molecule has 0 heterocycles. The number of primary amides is 1. The zero-order valence-electron chi connectivity index (χ0n) is 13.9. The molecule has 122 valence electrons. The molecule has 0 bridgehead atoms. The number of carbonyl (C=O) groups is 2. The molecular weight excluding hydrogens is 278 g/mol. The van der Waals surface area contributed by atoms with Crippen molar-refractivity contribution in [2.45, 2.75) is 46.1 Å². The third-order valence-corrected chi connectivity index (χ3v) is 3.81. The zero-order valence-corrected chi connectivity index (χ0v) is 13.9. The Bertz CT molecular complexity index is 497. The smallest absolute Gasteiger partial charge is 0.238 e. The number of nitrogens with one attached hydrogen (secondary N) is 1. The quantitative estimate of drug-likeness (QED) is 0.774. The van der Waals surface area contributed by atoms with Crippen LogP contribution in [0.15, 0.2) is 24.3 Å². The van der Waals surface area contributed by atoms with Crippen molar-refractivity contribution in [1.29, 1.82) is 0 Å². The third-order valence-electron chi connectivity index (χ3n) is 3.81. The van der Waals surface area contributed by atoms with Gasteiger partial charge < -0.3 is 11.1 Å². The first-order valence-corrected chi connectivity index (χ1v) is 7.75. The van der Waals surface area contributed by atoms with E-state index in [1.54, 1.807) is 4.90 Å². The molecule has 5 heteroatoms. The van der Waals surface area contributed by atoms with Crippen molar-refractivity contribution in [3.05, 3.63) is 29.8 Å². The highest BCUT2D eigenvalue weighted by atomic mass is 16.2. The van der Waals surface area contributed by atoms with Crippen molar-refractivity contribution in [3.8, 4) is 0 Å². The van der Waals surface area contributed by atoms with E-state index in [1.807, 2.05) is 38.1 Å². The van der Waals surface area contributed by atoms with E-state index < -0.39 is 5.91 Å². The van der Waals surface area contributed by atoms with Gasteiger partial charge in [0.05, 0.1) is 13.1 Å². The minimum atomic E-state index is -0.431. The van der Waals surface area contributed by atoms with E-state index >= 15 is 0 Å². The summed E-state index contributed by atoms with van der Waals surface area (Å²) in [6, 6.07) is 7.97. The third kappa shape index (κ3) is 5.85. The Morgan fingerprint density at radius 3 is 2.18 bits per heavy atom. The molecule has 0 aromatic heterocycles. The molecule has 0 aliphatic rings. The summed E-state index contributed by atoms with van der Waals surface area (Å²) in [6.45, 7) is 8.41. The molecule has 5 nitrogen and oxygen atoms in total. The Balaban J connectivity index is 2.62. The molecule has 1 rings (SSSR count). The van der Waals surface area contributed by atoms with Crippen LogP contribution in [0.2, 0.25) is 0 Å². The molecular formula is C17H27N3O2. The number of amides is 2. The largest absolute Gasteiger partial charge is 0.369 e. The standard InChI is InChI=1S/C17H27N3O2/c1-5-13(4)14-6-8-15(9-7-14)19-17(22)11-20(12(2)3)10-16(18)21/h6-9,12-13H,5,10-11H2,1-4H3,(H2,18,21)(H,19,22). The fourth-order valence-electron chi connectivity index (χ4n) is 2.14. The lowest BCUT2D eigenvalue weighted by Gasteiger charge is -2.24. The second kappa shape index (κ2) is 8.54. The molecule has 0 saturated heterocycles. The van der Waals surface area contributed by atoms with Crippen LogP contribution < -0.4 is 11.1 Å². The topological polar surface area (TPSA) is 75.4 Å². The van der Waals surface area contributed by atoms with E-state index in [9.17, 15) is 9.59 Å². The number of hydrogen-bond donors (Lipinski definition) is 2. The summed E-state index contributed by atoms with van der Waals surface area (Å²) in [5.41, 5.74) is 7.23. The van der Waals surface area contributed by atoms with Crippen LogP contribution in [0.4, 0.5) is 5.69 Å². The van der Waals surface area contributed by atoms with E-state index in [-0.39, 0.29) is 25.0 Å². The lowest BCUT2D eigenvalue weighted by Crippen LogP contribution is -2.43. The van der Waals surface area contributed by atoms with Crippen LogP contribution in [0.5, 0.6) is 0 Å². The van der Waals surface area contributed by atoms with Gasteiger partial charge in [0.15, 0.2) is 0 Å². The van der Waals surface area contributed by atoms with Crippen LogP contribution in [-0.4, -0.2) is 35.8 Å². The van der Waals surface area contributed by atoms with Crippen molar-refractivity contribution >= 4 is 17.5 Å². The number of anilines is 1. The second-order valence-electron chi connectivity index (χ2n) is 5.94. The fraction of sp³-hybridized carbons (Fsp3) is 0.529.